The zero-order chi connectivity index (χ0) is 16.6. The van der Waals surface area contributed by atoms with Crippen molar-refractivity contribution in [3.8, 4) is 0 Å². The van der Waals surface area contributed by atoms with E-state index in [1.807, 2.05) is 20.8 Å². The smallest absolute Gasteiger partial charge is 0.263 e. The Morgan fingerprint density at radius 3 is 2.78 bits per heavy atom. The number of anilines is 1. The number of hydrogen-bond donors (Lipinski definition) is 3. The van der Waals surface area contributed by atoms with Crippen LogP contribution in [0.4, 0.5) is 5.95 Å². The van der Waals surface area contributed by atoms with E-state index >= 15 is 0 Å². The maximum Gasteiger partial charge on any atom is 0.263 e. The summed E-state index contributed by atoms with van der Waals surface area (Å²) in [6, 6.07) is 0. The van der Waals surface area contributed by atoms with Gasteiger partial charge in [-0.1, -0.05) is 12.8 Å². The molecule has 23 heavy (non-hydrogen) atoms. The maximum atomic E-state index is 12.2. The lowest BCUT2D eigenvalue weighted by Gasteiger charge is -2.20. The van der Waals surface area contributed by atoms with E-state index in [4.69, 9.17) is 0 Å². The Kier molecular flexibility index (Phi) is 4.14. The van der Waals surface area contributed by atoms with Crippen LogP contribution in [0.1, 0.15) is 46.5 Å². The predicted molar refractivity (Wildman–Crippen MR) is 89.6 cm³/mol. The van der Waals surface area contributed by atoms with Gasteiger partial charge in [0, 0.05) is 6.54 Å². The van der Waals surface area contributed by atoms with Gasteiger partial charge in [0.05, 0.1) is 17.8 Å². The van der Waals surface area contributed by atoms with Crippen LogP contribution >= 0.6 is 0 Å². The van der Waals surface area contributed by atoms with Gasteiger partial charge < -0.3 is 10.4 Å². The third-order valence-corrected chi connectivity index (χ3v) is 4.50. The molecule has 2 aromatic heterocycles. The molecule has 0 saturated heterocycles. The number of aromatic nitrogens is 4. The molecule has 1 atom stereocenters. The van der Waals surface area contributed by atoms with E-state index in [1.54, 1.807) is 10.9 Å². The molecule has 1 saturated carbocycles. The molecule has 0 aromatic carbocycles. The van der Waals surface area contributed by atoms with Gasteiger partial charge in [-0.15, -0.1) is 0 Å². The molecule has 0 aliphatic heterocycles. The van der Waals surface area contributed by atoms with Gasteiger partial charge in [-0.25, -0.2) is 4.68 Å². The first-order valence-electron chi connectivity index (χ1n) is 8.27. The van der Waals surface area contributed by atoms with Crippen LogP contribution in [0.3, 0.4) is 0 Å². The van der Waals surface area contributed by atoms with Crippen molar-refractivity contribution < 1.29 is 5.11 Å². The second-order valence-corrected chi connectivity index (χ2v) is 7.37. The minimum Gasteiger partial charge on any atom is -0.391 e. The van der Waals surface area contributed by atoms with Crippen molar-refractivity contribution in [2.24, 2.45) is 5.92 Å². The molecule has 2 aromatic rings. The Bertz CT molecular complexity index is 737. The van der Waals surface area contributed by atoms with Crippen molar-refractivity contribution in [2.45, 2.75) is 58.1 Å². The van der Waals surface area contributed by atoms with E-state index in [0.29, 0.717) is 29.4 Å². The van der Waals surface area contributed by atoms with Crippen LogP contribution < -0.4 is 10.9 Å². The highest BCUT2D eigenvalue weighted by Crippen LogP contribution is 2.27. The van der Waals surface area contributed by atoms with Gasteiger partial charge in [0.1, 0.15) is 5.39 Å². The molecule has 0 bridgehead atoms. The first kappa shape index (κ1) is 16.0. The number of rotatable bonds is 4. The Morgan fingerprint density at radius 1 is 1.43 bits per heavy atom. The Hall–Kier alpha value is -1.89. The molecule has 0 radical (unpaired) electrons. The highest BCUT2D eigenvalue weighted by molar-refractivity contribution is 5.74. The first-order valence-corrected chi connectivity index (χ1v) is 8.27. The van der Waals surface area contributed by atoms with E-state index in [1.165, 1.54) is 12.8 Å². The van der Waals surface area contributed by atoms with Gasteiger partial charge in [0.15, 0.2) is 5.65 Å². The van der Waals surface area contributed by atoms with Gasteiger partial charge in [-0.3, -0.25) is 9.78 Å². The lowest BCUT2D eigenvalue weighted by molar-refractivity contribution is 0.122. The first-order chi connectivity index (χ1) is 10.9. The molecule has 0 spiro atoms. The van der Waals surface area contributed by atoms with Gasteiger partial charge >= 0.3 is 0 Å². The summed E-state index contributed by atoms with van der Waals surface area (Å²) in [6.45, 7) is 6.43. The van der Waals surface area contributed by atoms with Crippen LogP contribution in [0.15, 0.2) is 11.0 Å². The van der Waals surface area contributed by atoms with E-state index in [9.17, 15) is 9.90 Å². The number of nitrogens with one attached hydrogen (secondary N) is 2. The monoisotopic (exact) mass is 319 g/mol. The number of nitrogens with zero attached hydrogens (tertiary/aromatic N) is 3. The van der Waals surface area contributed by atoms with Crippen LogP contribution in [0.25, 0.3) is 11.0 Å². The minimum atomic E-state index is -0.411. The number of fused-ring (bicyclic) bond motifs is 1. The lowest BCUT2D eigenvalue weighted by Crippen LogP contribution is -2.28. The molecular weight excluding hydrogens is 294 g/mol. The Labute approximate surface area is 135 Å². The largest absolute Gasteiger partial charge is 0.391 e. The zero-order valence-corrected chi connectivity index (χ0v) is 14.0. The fourth-order valence-corrected chi connectivity index (χ4v) is 3.20. The highest BCUT2D eigenvalue weighted by atomic mass is 16.3. The third-order valence-electron chi connectivity index (χ3n) is 4.50. The van der Waals surface area contributed by atoms with Crippen molar-refractivity contribution in [2.75, 3.05) is 11.9 Å². The lowest BCUT2D eigenvalue weighted by atomic mass is 10.0. The summed E-state index contributed by atoms with van der Waals surface area (Å²) in [5.41, 5.74) is 0.0749. The van der Waals surface area contributed by atoms with E-state index in [-0.39, 0.29) is 11.1 Å². The quantitative estimate of drug-likeness (QED) is 0.799. The van der Waals surface area contributed by atoms with Crippen molar-refractivity contribution in [1.82, 2.24) is 19.7 Å². The predicted octanol–water partition coefficient (Wildman–Crippen LogP) is 1.84. The number of aromatic amines is 1. The fraction of sp³-hybridized carbons (Fsp3) is 0.688. The molecule has 1 unspecified atom stereocenters. The maximum absolute atomic E-state index is 12.2. The summed E-state index contributed by atoms with van der Waals surface area (Å²) < 4.78 is 1.75. The summed E-state index contributed by atoms with van der Waals surface area (Å²) in [7, 11) is 0. The van der Waals surface area contributed by atoms with Crippen LogP contribution in [0, 0.1) is 5.92 Å². The topological polar surface area (TPSA) is 95.8 Å². The average Bonchev–Trinajstić information content (AvgIpc) is 3.13. The summed E-state index contributed by atoms with van der Waals surface area (Å²) in [6.07, 6.45) is 5.65. The molecule has 3 N–H and O–H groups in total. The Morgan fingerprint density at radius 2 is 2.13 bits per heavy atom. The number of H-pyrrole nitrogens is 1. The summed E-state index contributed by atoms with van der Waals surface area (Å²) in [5.74, 6) is 0.726. The molecule has 3 rings (SSSR count). The molecular formula is C16H25N5O2. The molecule has 1 aliphatic rings. The molecule has 0 amide bonds. The minimum absolute atomic E-state index is 0.219. The van der Waals surface area contributed by atoms with Crippen molar-refractivity contribution in [1.29, 1.82) is 0 Å². The Balaban J connectivity index is 1.82. The number of aliphatic hydroxyl groups is 1. The van der Waals surface area contributed by atoms with Gasteiger partial charge in [-0.2, -0.15) is 10.1 Å². The molecule has 2 heterocycles. The average molecular weight is 319 g/mol. The fourth-order valence-electron chi connectivity index (χ4n) is 3.20. The molecule has 7 nitrogen and oxygen atoms in total. The van der Waals surface area contributed by atoms with Crippen molar-refractivity contribution >= 4 is 17.0 Å². The molecule has 1 fully saturated rings. The molecule has 126 valence electrons. The van der Waals surface area contributed by atoms with Crippen molar-refractivity contribution in [3.63, 3.8) is 0 Å². The molecule has 7 heteroatoms. The number of aliphatic hydroxyl groups excluding tert-OH is 1. The second-order valence-electron chi connectivity index (χ2n) is 7.37. The summed E-state index contributed by atoms with van der Waals surface area (Å²) >= 11 is 0. The summed E-state index contributed by atoms with van der Waals surface area (Å²) in [5, 5.41) is 18.1. The van der Waals surface area contributed by atoms with E-state index in [0.717, 1.165) is 12.8 Å². The summed E-state index contributed by atoms with van der Waals surface area (Å²) in [4.78, 5) is 19.4. The highest BCUT2D eigenvalue weighted by Gasteiger charge is 2.23. The van der Waals surface area contributed by atoms with Crippen molar-refractivity contribution in [3.05, 3.63) is 16.6 Å². The standard InChI is InChI=1S/C16H25N5O2/c1-16(2,3)21-13-11(8-18-21)14(23)20-15(19-13)17-9-12(22)10-6-4-5-7-10/h8,10,12,22H,4-7,9H2,1-3H3,(H2,17,19,20,23). The van der Waals surface area contributed by atoms with Crippen LogP contribution in [-0.4, -0.2) is 37.5 Å². The zero-order valence-electron chi connectivity index (χ0n) is 14.0. The van der Waals surface area contributed by atoms with Crippen LogP contribution in [-0.2, 0) is 5.54 Å². The molecule has 1 aliphatic carbocycles. The number of hydrogen-bond acceptors (Lipinski definition) is 5. The second kappa shape index (κ2) is 5.96. The third kappa shape index (κ3) is 3.24. The van der Waals surface area contributed by atoms with E-state index < -0.39 is 6.10 Å². The normalized spacial score (nSPS) is 17.7. The van der Waals surface area contributed by atoms with Gasteiger partial charge in [0.2, 0.25) is 5.95 Å². The van der Waals surface area contributed by atoms with Crippen LogP contribution in [0.2, 0.25) is 0 Å². The van der Waals surface area contributed by atoms with Gasteiger partial charge in [-0.05, 0) is 39.5 Å². The van der Waals surface area contributed by atoms with E-state index in [2.05, 4.69) is 20.4 Å². The SMILES string of the molecule is CC(C)(C)n1ncc2c(=O)[nH]c(NCC(O)C3CCCC3)nc21. The van der Waals surface area contributed by atoms with Crippen LogP contribution in [0.5, 0.6) is 0 Å². The van der Waals surface area contributed by atoms with Gasteiger partial charge in [0.25, 0.3) is 5.56 Å².